The van der Waals surface area contributed by atoms with Crippen molar-refractivity contribution < 1.29 is 4.79 Å². The summed E-state index contributed by atoms with van der Waals surface area (Å²) in [7, 11) is 1.98. The Labute approximate surface area is 115 Å². The molecule has 1 aromatic heterocycles. The summed E-state index contributed by atoms with van der Waals surface area (Å²) in [5, 5.41) is 0. The molecule has 0 radical (unpaired) electrons. The molecule has 0 amide bonds. The van der Waals surface area contributed by atoms with Gasteiger partial charge in [-0.2, -0.15) is 0 Å². The molecule has 0 saturated carbocycles. The molecule has 1 saturated heterocycles. The van der Waals surface area contributed by atoms with E-state index in [-0.39, 0.29) is 5.54 Å². The van der Waals surface area contributed by atoms with E-state index >= 15 is 0 Å². The second-order valence-electron chi connectivity index (χ2n) is 5.70. The smallest absolute Gasteiger partial charge is 0.153 e. The van der Waals surface area contributed by atoms with E-state index in [0.29, 0.717) is 12.2 Å². The summed E-state index contributed by atoms with van der Waals surface area (Å²) in [5.74, 6) is 1.35. The van der Waals surface area contributed by atoms with Crippen molar-refractivity contribution in [2.45, 2.75) is 51.5 Å². The maximum Gasteiger partial charge on any atom is 0.153 e. The first-order valence-electron chi connectivity index (χ1n) is 7.32. The van der Waals surface area contributed by atoms with Crippen LogP contribution in [0.2, 0.25) is 0 Å². The van der Waals surface area contributed by atoms with E-state index < -0.39 is 0 Å². The fourth-order valence-corrected chi connectivity index (χ4v) is 2.94. The minimum absolute atomic E-state index is 0.276. The van der Waals surface area contributed by atoms with Crippen LogP contribution in [0, 0.1) is 0 Å². The molecule has 1 atom stereocenters. The van der Waals surface area contributed by atoms with E-state index in [2.05, 4.69) is 23.7 Å². The van der Waals surface area contributed by atoms with Gasteiger partial charge < -0.3 is 4.57 Å². The van der Waals surface area contributed by atoms with E-state index in [0.717, 1.165) is 31.8 Å². The van der Waals surface area contributed by atoms with Gasteiger partial charge in [-0.25, -0.2) is 4.98 Å². The lowest BCUT2D eigenvalue weighted by molar-refractivity contribution is -0.130. The second-order valence-corrected chi connectivity index (χ2v) is 5.70. The highest BCUT2D eigenvalue weighted by atomic mass is 16.1. The third kappa shape index (κ3) is 2.89. The van der Waals surface area contributed by atoms with Crippen LogP contribution in [0.15, 0.2) is 12.4 Å². The van der Waals surface area contributed by atoms with Crippen LogP contribution in [-0.2, 0) is 18.3 Å². The van der Waals surface area contributed by atoms with Crippen molar-refractivity contribution in [2.24, 2.45) is 7.05 Å². The molecule has 19 heavy (non-hydrogen) atoms. The van der Waals surface area contributed by atoms with Crippen molar-refractivity contribution in [3.63, 3.8) is 0 Å². The minimum Gasteiger partial charge on any atom is -0.338 e. The van der Waals surface area contributed by atoms with Gasteiger partial charge in [0.15, 0.2) is 5.78 Å². The van der Waals surface area contributed by atoms with Gasteiger partial charge >= 0.3 is 0 Å². The fraction of sp³-hybridized carbons (Fsp3) is 0.733. The van der Waals surface area contributed by atoms with Gasteiger partial charge in [0, 0.05) is 32.3 Å². The van der Waals surface area contributed by atoms with E-state index in [1.807, 2.05) is 17.8 Å². The Morgan fingerprint density at radius 3 is 2.63 bits per heavy atom. The van der Waals surface area contributed by atoms with Crippen molar-refractivity contribution in [2.75, 3.05) is 13.1 Å². The number of hydrogen-bond acceptors (Lipinski definition) is 3. The Balaban J connectivity index is 1.98. The molecular weight excluding hydrogens is 238 g/mol. The first-order valence-corrected chi connectivity index (χ1v) is 7.32. The Kier molecular flexibility index (Phi) is 4.40. The quantitative estimate of drug-likeness (QED) is 0.789. The number of nitrogens with zero attached hydrogens (tertiary/aromatic N) is 3. The van der Waals surface area contributed by atoms with Crippen molar-refractivity contribution >= 4 is 5.78 Å². The first kappa shape index (κ1) is 14.3. The Bertz CT molecular complexity index is 434. The number of carbonyl (C=O) groups is 1. The first-order chi connectivity index (χ1) is 9.08. The van der Waals surface area contributed by atoms with Crippen LogP contribution in [-0.4, -0.2) is 38.9 Å². The molecule has 0 aliphatic carbocycles. The molecule has 2 heterocycles. The lowest BCUT2D eigenvalue weighted by Gasteiger charge is -2.36. The molecule has 0 N–H and O–H groups in total. The number of hydrogen-bond donors (Lipinski definition) is 0. The number of carbonyl (C=O) groups excluding carboxylic acids is 1. The molecule has 106 valence electrons. The number of imidazole rings is 1. The lowest BCUT2D eigenvalue weighted by atomic mass is 9.88. The summed E-state index contributed by atoms with van der Waals surface area (Å²) in [6, 6.07) is 0. The highest BCUT2D eigenvalue weighted by Crippen LogP contribution is 2.27. The Hall–Kier alpha value is -1.16. The number of ketones is 1. The maximum atomic E-state index is 12.6. The van der Waals surface area contributed by atoms with Crippen molar-refractivity contribution in [3.05, 3.63) is 18.2 Å². The highest BCUT2D eigenvalue weighted by molar-refractivity contribution is 5.88. The summed E-state index contributed by atoms with van der Waals surface area (Å²) in [6.45, 7) is 6.37. The van der Waals surface area contributed by atoms with Gasteiger partial charge in [0.25, 0.3) is 0 Å². The third-order valence-electron chi connectivity index (χ3n) is 4.59. The summed E-state index contributed by atoms with van der Waals surface area (Å²) >= 11 is 0. The molecule has 1 unspecified atom stereocenters. The molecule has 1 aliphatic heterocycles. The highest BCUT2D eigenvalue weighted by Gasteiger charge is 2.38. The number of Topliss-reactive ketones (excluding diaryl/α,β-unsaturated/α-hetero) is 1. The van der Waals surface area contributed by atoms with Gasteiger partial charge in [0.1, 0.15) is 5.82 Å². The van der Waals surface area contributed by atoms with Crippen molar-refractivity contribution in [1.29, 1.82) is 0 Å². The largest absolute Gasteiger partial charge is 0.338 e. The molecule has 1 fully saturated rings. The predicted octanol–water partition coefficient (Wildman–Crippen LogP) is 2.19. The topological polar surface area (TPSA) is 38.1 Å². The normalized spacial score (nSPS) is 19.5. The van der Waals surface area contributed by atoms with Gasteiger partial charge in [-0.3, -0.25) is 9.69 Å². The molecular formula is C15H25N3O. The van der Waals surface area contributed by atoms with E-state index in [1.54, 1.807) is 6.20 Å². The molecule has 0 bridgehead atoms. The van der Waals surface area contributed by atoms with Crippen LogP contribution in [0.1, 0.15) is 45.4 Å². The molecule has 4 heteroatoms. The molecule has 4 nitrogen and oxygen atoms in total. The molecule has 0 aromatic carbocycles. The van der Waals surface area contributed by atoms with Crippen LogP contribution in [0.5, 0.6) is 0 Å². The van der Waals surface area contributed by atoms with Gasteiger partial charge in [-0.15, -0.1) is 0 Å². The van der Waals surface area contributed by atoms with Crippen molar-refractivity contribution in [1.82, 2.24) is 14.5 Å². The zero-order valence-electron chi connectivity index (χ0n) is 12.4. The van der Waals surface area contributed by atoms with Crippen LogP contribution in [0.3, 0.4) is 0 Å². The van der Waals surface area contributed by atoms with E-state index in [1.165, 1.54) is 12.8 Å². The van der Waals surface area contributed by atoms with Crippen molar-refractivity contribution in [3.8, 4) is 0 Å². The number of aromatic nitrogens is 2. The van der Waals surface area contributed by atoms with Gasteiger partial charge in [-0.05, 0) is 39.3 Å². The third-order valence-corrected chi connectivity index (χ3v) is 4.59. The van der Waals surface area contributed by atoms with Gasteiger partial charge in [0.05, 0.1) is 5.54 Å². The SMILES string of the molecule is CCC(C)(C(=O)CCc1nccn1C)N1CCCC1. The van der Waals surface area contributed by atoms with Crippen LogP contribution in [0.25, 0.3) is 0 Å². The molecule has 0 spiro atoms. The zero-order valence-corrected chi connectivity index (χ0v) is 12.4. The Morgan fingerprint density at radius 1 is 1.42 bits per heavy atom. The molecule has 1 aliphatic rings. The summed E-state index contributed by atoms with van der Waals surface area (Å²) in [4.78, 5) is 19.3. The zero-order chi connectivity index (χ0) is 13.9. The van der Waals surface area contributed by atoms with Crippen LogP contribution < -0.4 is 0 Å². The summed E-state index contributed by atoms with van der Waals surface area (Å²) < 4.78 is 1.99. The minimum atomic E-state index is -0.276. The average Bonchev–Trinajstić information content (AvgIpc) is 3.06. The van der Waals surface area contributed by atoms with Gasteiger partial charge in [0.2, 0.25) is 0 Å². The summed E-state index contributed by atoms with van der Waals surface area (Å²) in [6.07, 6.45) is 8.40. The average molecular weight is 263 g/mol. The molecule has 1 aromatic rings. The van der Waals surface area contributed by atoms with E-state index in [4.69, 9.17) is 0 Å². The van der Waals surface area contributed by atoms with Crippen LogP contribution in [0.4, 0.5) is 0 Å². The number of rotatable bonds is 6. The fourth-order valence-electron chi connectivity index (χ4n) is 2.94. The van der Waals surface area contributed by atoms with Gasteiger partial charge in [-0.1, -0.05) is 6.92 Å². The van der Waals surface area contributed by atoms with Crippen LogP contribution >= 0.6 is 0 Å². The summed E-state index contributed by atoms with van der Waals surface area (Å²) in [5.41, 5.74) is -0.276. The standard InChI is InChI=1S/C15H25N3O/c1-4-15(2,18-10-5-6-11-18)13(19)7-8-14-16-9-12-17(14)3/h9,12H,4-8,10-11H2,1-3H3. The van der Waals surface area contributed by atoms with E-state index in [9.17, 15) is 4.79 Å². The number of aryl methyl sites for hydroxylation is 2. The monoisotopic (exact) mass is 263 g/mol. The lowest BCUT2D eigenvalue weighted by Crippen LogP contribution is -2.50. The number of likely N-dealkylation sites (tertiary alicyclic amines) is 1. The second kappa shape index (κ2) is 5.87. The Morgan fingerprint density at radius 2 is 2.11 bits per heavy atom. The molecule has 2 rings (SSSR count). The predicted molar refractivity (Wildman–Crippen MR) is 76.0 cm³/mol. The maximum absolute atomic E-state index is 12.6.